The third-order valence-electron chi connectivity index (χ3n) is 5.13. The largest absolute Gasteiger partial charge is 0.494 e. The molecular weight excluding hydrogens is 379 g/mol. The molecule has 0 aliphatic heterocycles. The minimum absolute atomic E-state index is 0.285. The molecule has 0 fully saturated rings. The number of hydrogen-bond donors (Lipinski definition) is 0. The summed E-state index contributed by atoms with van der Waals surface area (Å²) in [5.74, 6) is 1.51. The molecule has 0 N–H and O–H groups in total. The van der Waals surface area contributed by atoms with Crippen LogP contribution in [-0.4, -0.2) is 15.4 Å². The Hall–Kier alpha value is -2.59. The highest BCUT2D eigenvalue weighted by molar-refractivity contribution is 6.57. The summed E-state index contributed by atoms with van der Waals surface area (Å²) in [5.41, 5.74) is 3.04. The van der Waals surface area contributed by atoms with Crippen LogP contribution in [0.4, 0.5) is 4.39 Å². The fourth-order valence-electron chi connectivity index (χ4n) is 3.58. The number of rotatable bonds is 9. The molecule has 0 radical (unpaired) electrons. The monoisotopic (exact) mass is 408 g/mol. The highest BCUT2D eigenvalue weighted by atomic mass is 28.3. The lowest BCUT2D eigenvalue weighted by Crippen LogP contribution is -2.17. The summed E-state index contributed by atoms with van der Waals surface area (Å²) in [7, 11) is -0.910. The number of hydrogen-bond acceptors (Lipinski definition) is 2. The Morgan fingerprint density at radius 2 is 1.62 bits per heavy atom. The molecule has 1 unspecified atom stereocenters. The quantitative estimate of drug-likeness (QED) is 0.364. The topological polar surface area (TPSA) is 18.5 Å². The molecule has 0 saturated heterocycles. The molecule has 29 heavy (non-hydrogen) atoms. The fourth-order valence-corrected chi connectivity index (χ4v) is 5.41. The third kappa shape index (κ3) is 5.94. The normalized spacial score (nSPS) is 12.0. The minimum atomic E-state index is -0.910. The molecule has 0 aromatic heterocycles. The van der Waals surface area contributed by atoms with Crippen molar-refractivity contribution in [3.8, 4) is 17.2 Å². The summed E-state index contributed by atoms with van der Waals surface area (Å²) in [6.07, 6.45) is 1.95. The molecule has 0 saturated carbocycles. The molecule has 0 bridgehead atoms. The molecule has 3 rings (SSSR count). The summed E-state index contributed by atoms with van der Waals surface area (Å²) >= 11 is 0. The Morgan fingerprint density at radius 3 is 2.28 bits per heavy atom. The van der Waals surface area contributed by atoms with Gasteiger partial charge in [0, 0.05) is 8.80 Å². The van der Waals surface area contributed by atoms with Crippen molar-refractivity contribution in [3.05, 3.63) is 89.7 Å². The maximum atomic E-state index is 14.2. The van der Waals surface area contributed by atoms with E-state index < -0.39 is 8.80 Å². The molecule has 0 aliphatic carbocycles. The van der Waals surface area contributed by atoms with Crippen molar-refractivity contribution >= 4 is 8.80 Å². The van der Waals surface area contributed by atoms with Gasteiger partial charge in [-0.1, -0.05) is 49.5 Å². The first-order chi connectivity index (χ1) is 14.1. The van der Waals surface area contributed by atoms with Crippen LogP contribution in [0.15, 0.2) is 72.8 Å². The third-order valence-corrected chi connectivity index (χ3v) is 7.46. The number of benzene rings is 3. The fraction of sp³-hybridized carbons (Fsp3) is 0.280. The van der Waals surface area contributed by atoms with Crippen molar-refractivity contribution in [2.75, 3.05) is 6.61 Å². The molecule has 0 aliphatic rings. The lowest BCUT2D eigenvalue weighted by molar-refractivity contribution is 0.340. The van der Waals surface area contributed by atoms with E-state index >= 15 is 0 Å². The lowest BCUT2D eigenvalue weighted by atomic mass is 10.0. The second-order valence-corrected chi connectivity index (χ2v) is 10.9. The first-order valence-electron chi connectivity index (χ1n) is 10.3. The predicted octanol–water partition coefficient (Wildman–Crippen LogP) is 6.76. The molecule has 3 aromatic rings. The summed E-state index contributed by atoms with van der Waals surface area (Å²) < 4.78 is 25.5. The van der Waals surface area contributed by atoms with Gasteiger partial charge in [-0.25, -0.2) is 4.39 Å². The molecule has 2 nitrogen and oxygen atoms in total. The Labute approximate surface area is 174 Å². The van der Waals surface area contributed by atoms with Gasteiger partial charge >= 0.3 is 0 Å². The van der Waals surface area contributed by atoms with Crippen molar-refractivity contribution in [2.45, 2.75) is 38.4 Å². The van der Waals surface area contributed by atoms with Gasteiger partial charge < -0.3 is 9.47 Å². The van der Waals surface area contributed by atoms with E-state index in [0.717, 1.165) is 24.2 Å². The van der Waals surface area contributed by atoms with E-state index in [9.17, 15) is 4.39 Å². The van der Waals surface area contributed by atoms with Gasteiger partial charge in [-0.05, 0) is 72.8 Å². The van der Waals surface area contributed by atoms with Crippen LogP contribution < -0.4 is 9.47 Å². The van der Waals surface area contributed by atoms with Gasteiger partial charge in [0.1, 0.15) is 11.5 Å². The van der Waals surface area contributed by atoms with Gasteiger partial charge in [0.05, 0.1) is 6.61 Å². The SMILES string of the molecule is CCOc1ccc(C(CCc2ccc(F)c(Oc3ccccc3)c2)[SiH](C)C)cc1. The molecule has 0 amide bonds. The Morgan fingerprint density at radius 1 is 0.897 bits per heavy atom. The summed E-state index contributed by atoms with van der Waals surface area (Å²) in [5, 5.41) is 0. The standard InChI is InChI=1S/C25H29FO2Si/c1-4-27-21-14-12-20(13-15-21)25(29(2)3)17-11-19-10-16-23(26)24(18-19)28-22-8-6-5-7-9-22/h5-10,12-16,18,25,29H,4,11,17H2,1-3H3. The Balaban J connectivity index is 1.70. The van der Waals surface area contributed by atoms with Gasteiger partial charge in [0.15, 0.2) is 11.6 Å². The number of aryl methyl sites for hydroxylation is 1. The van der Waals surface area contributed by atoms with E-state index in [1.54, 1.807) is 0 Å². The molecule has 3 aromatic carbocycles. The maximum absolute atomic E-state index is 14.2. The van der Waals surface area contributed by atoms with E-state index in [4.69, 9.17) is 9.47 Å². The zero-order valence-corrected chi connectivity index (χ0v) is 18.6. The second-order valence-electron chi connectivity index (χ2n) is 7.57. The molecule has 4 heteroatoms. The van der Waals surface area contributed by atoms with Crippen LogP contribution in [0.25, 0.3) is 0 Å². The van der Waals surface area contributed by atoms with Crippen LogP contribution in [0.1, 0.15) is 30.0 Å². The first-order valence-corrected chi connectivity index (χ1v) is 13.3. The van der Waals surface area contributed by atoms with E-state index in [1.165, 1.54) is 11.6 Å². The lowest BCUT2D eigenvalue weighted by Gasteiger charge is -2.21. The van der Waals surface area contributed by atoms with E-state index in [2.05, 4.69) is 37.4 Å². The van der Waals surface area contributed by atoms with E-state index in [0.29, 0.717) is 17.9 Å². The molecule has 0 spiro atoms. The maximum Gasteiger partial charge on any atom is 0.165 e. The van der Waals surface area contributed by atoms with Gasteiger partial charge in [-0.15, -0.1) is 0 Å². The molecule has 152 valence electrons. The van der Waals surface area contributed by atoms with Crippen LogP contribution in [-0.2, 0) is 6.42 Å². The van der Waals surface area contributed by atoms with Crippen LogP contribution >= 0.6 is 0 Å². The van der Waals surface area contributed by atoms with Crippen molar-refractivity contribution in [1.29, 1.82) is 0 Å². The van der Waals surface area contributed by atoms with Crippen molar-refractivity contribution in [3.63, 3.8) is 0 Å². The van der Waals surface area contributed by atoms with Crippen molar-refractivity contribution in [1.82, 2.24) is 0 Å². The molecule has 1 atom stereocenters. The number of para-hydroxylation sites is 1. The predicted molar refractivity (Wildman–Crippen MR) is 120 cm³/mol. The van der Waals surface area contributed by atoms with Crippen LogP contribution in [0.2, 0.25) is 13.1 Å². The van der Waals surface area contributed by atoms with Crippen LogP contribution in [0.3, 0.4) is 0 Å². The highest BCUT2D eigenvalue weighted by Crippen LogP contribution is 2.29. The summed E-state index contributed by atoms with van der Waals surface area (Å²) in [4.78, 5) is 0. The van der Waals surface area contributed by atoms with Gasteiger partial charge in [0.2, 0.25) is 0 Å². The van der Waals surface area contributed by atoms with E-state index in [-0.39, 0.29) is 11.6 Å². The molecular formula is C25H29FO2Si. The average molecular weight is 409 g/mol. The highest BCUT2D eigenvalue weighted by Gasteiger charge is 2.17. The van der Waals surface area contributed by atoms with Gasteiger partial charge in [0.25, 0.3) is 0 Å². The zero-order valence-electron chi connectivity index (χ0n) is 17.4. The van der Waals surface area contributed by atoms with E-state index in [1.807, 2.05) is 49.4 Å². The van der Waals surface area contributed by atoms with Crippen LogP contribution in [0.5, 0.6) is 17.2 Å². The van der Waals surface area contributed by atoms with Crippen molar-refractivity contribution < 1.29 is 13.9 Å². The summed E-state index contributed by atoms with van der Waals surface area (Å²) in [6, 6.07) is 23.0. The summed E-state index contributed by atoms with van der Waals surface area (Å²) in [6.45, 7) is 7.45. The van der Waals surface area contributed by atoms with Crippen molar-refractivity contribution in [2.24, 2.45) is 0 Å². The van der Waals surface area contributed by atoms with Gasteiger partial charge in [-0.3, -0.25) is 0 Å². The minimum Gasteiger partial charge on any atom is -0.494 e. The smallest absolute Gasteiger partial charge is 0.165 e. The van der Waals surface area contributed by atoms with Gasteiger partial charge in [-0.2, -0.15) is 0 Å². The number of halogens is 1. The first kappa shape index (κ1) is 21.1. The zero-order chi connectivity index (χ0) is 20.6. The second kappa shape index (κ2) is 10.3. The number of ether oxygens (including phenoxy) is 2. The molecule has 0 heterocycles. The average Bonchev–Trinajstić information content (AvgIpc) is 2.72. The van der Waals surface area contributed by atoms with Crippen LogP contribution in [0, 0.1) is 5.82 Å². The Kier molecular flexibility index (Phi) is 7.47. The Bertz CT molecular complexity index is 894.